The quantitative estimate of drug-likeness (QED) is 0.737. The fraction of sp³-hybridized carbons (Fsp3) is 0.684. The Balaban J connectivity index is 1.92. The fourth-order valence-corrected chi connectivity index (χ4v) is 3.10. The highest BCUT2D eigenvalue weighted by molar-refractivity contribution is 5.27. The van der Waals surface area contributed by atoms with Gasteiger partial charge in [-0.2, -0.15) is 0 Å². The number of ether oxygens (including phenoxy) is 3. The fourth-order valence-electron chi connectivity index (χ4n) is 3.10. The lowest BCUT2D eigenvalue weighted by molar-refractivity contribution is -0.306. The van der Waals surface area contributed by atoms with E-state index in [9.17, 15) is 0 Å². The number of hydrogen-bond acceptors (Lipinski definition) is 3. The third-order valence-corrected chi connectivity index (χ3v) is 4.65. The van der Waals surface area contributed by atoms with E-state index < -0.39 is 5.79 Å². The molecule has 3 nitrogen and oxygen atoms in total. The highest BCUT2D eigenvalue weighted by Gasteiger charge is 2.38. The molecule has 1 fully saturated rings. The second kappa shape index (κ2) is 7.98. The first kappa shape index (κ1) is 17.3. The predicted molar refractivity (Wildman–Crippen MR) is 89.2 cm³/mol. The van der Waals surface area contributed by atoms with E-state index in [-0.39, 0.29) is 0 Å². The van der Waals surface area contributed by atoms with Gasteiger partial charge >= 0.3 is 0 Å². The molecule has 0 aromatic heterocycles. The summed E-state index contributed by atoms with van der Waals surface area (Å²) in [7, 11) is 1.69. The van der Waals surface area contributed by atoms with E-state index in [1.165, 1.54) is 5.56 Å². The van der Waals surface area contributed by atoms with Crippen LogP contribution in [-0.2, 0) is 15.9 Å². The van der Waals surface area contributed by atoms with Gasteiger partial charge in [0.1, 0.15) is 5.75 Å². The van der Waals surface area contributed by atoms with Crippen LogP contribution in [-0.4, -0.2) is 25.6 Å². The van der Waals surface area contributed by atoms with E-state index in [0.717, 1.165) is 44.5 Å². The van der Waals surface area contributed by atoms with Crippen LogP contribution in [0, 0.1) is 5.92 Å². The number of methoxy groups -OCH3 is 1. The second-order valence-corrected chi connectivity index (χ2v) is 6.41. The lowest BCUT2D eigenvalue weighted by atomic mass is 9.94. The normalized spacial score (nSPS) is 28.5. The third kappa shape index (κ3) is 4.47. The summed E-state index contributed by atoms with van der Waals surface area (Å²) < 4.78 is 17.6. The summed E-state index contributed by atoms with van der Waals surface area (Å²) >= 11 is 0. The molecule has 0 N–H and O–H groups in total. The topological polar surface area (TPSA) is 27.7 Å². The van der Waals surface area contributed by atoms with Crippen molar-refractivity contribution < 1.29 is 14.2 Å². The first-order chi connectivity index (χ1) is 10.6. The van der Waals surface area contributed by atoms with Crippen molar-refractivity contribution in [3.63, 3.8) is 0 Å². The van der Waals surface area contributed by atoms with Crippen molar-refractivity contribution in [1.29, 1.82) is 0 Å². The van der Waals surface area contributed by atoms with E-state index >= 15 is 0 Å². The van der Waals surface area contributed by atoms with E-state index in [0.29, 0.717) is 12.0 Å². The second-order valence-electron chi connectivity index (χ2n) is 6.41. The minimum absolute atomic E-state index is 0.338. The SMILES string of the molecule is CCC[C@H]1O[C@](C)(CCc2ccc(OC)cc2)OC[C@H]1CC. The number of benzene rings is 1. The van der Waals surface area contributed by atoms with Crippen molar-refractivity contribution in [1.82, 2.24) is 0 Å². The van der Waals surface area contributed by atoms with Crippen LogP contribution >= 0.6 is 0 Å². The molecule has 0 unspecified atom stereocenters. The molecule has 0 saturated carbocycles. The van der Waals surface area contributed by atoms with E-state index in [4.69, 9.17) is 14.2 Å². The molecule has 1 aromatic rings. The van der Waals surface area contributed by atoms with Crippen LogP contribution in [0.5, 0.6) is 5.75 Å². The smallest absolute Gasteiger partial charge is 0.166 e. The third-order valence-electron chi connectivity index (χ3n) is 4.65. The molecule has 0 spiro atoms. The minimum atomic E-state index is -0.453. The summed E-state index contributed by atoms with van der Waals surface area (Å²) in [6.07, 6.45) is 5.59. The molecule has 3 atom stereocenters. The molecule has 2 rings (SSSR count). The van der Waals surface area contributed by atoms with Crippen molar-refractivity contribution in [2.24, 2.45) is 5.92 Å². The van der Waals surface area contributed by atoms with Crippen LogP contribution in [0.1, 0.15) is 52.0 Å². The lowest BCUT2D eigenvalue weighted by Gasteiger charge is -2.43. The zero-order valence-corrected chi connectivity index (χ0v) is 14.4. The molecule has 0 radical (unpaired) electrons. The van der Waals surface area contributed by atoms with Crippen molar-refractivity contribution in [3.05, 3.63) is 29.8 Å². The average Bonchev–Trinajstić information content (AvgIpc) is 2.54. The van der Waals surface area contributed by atoms with Crippen LogP contribution < -0.4 is 4.74 Å². The van der Waals surface area contributed by atoms with Gasteiger partial charge in [-0.1, -0.05) is 32.4 Å². The van der Waals surface area contributed by atoms with Crippen LogP contribution in [0.25, 0.3) is 0 Å². The van der Waals surface area contributed by atoms with Gasteiger partial charge in [0, 0.05) is 12.3 Å². The zero-order chi connectivity index (χ0) is 16.0. The summed E-state index contributed by atoms with van der Waals surface area (Å²) in [6, 6.07) is 8.24. The molecular weight excluding hydrogens is 276 g/mol. The molecule has 124 valence electrons. The molecule has 3 heteroatoms. The van der Waals surface area contributed by atoms with Crippen molar-refractivity contribution in [2.75, 3.05) is 13.7 Å². The maximum absolute atomic E-state index is 6.34. The van der Waals surface area contributed by atoms with Crippen molar-refractivity contribution in [2.45, 2.75) is 64.8 Å². The molecule has 1 heterocycles. The Labute approximate surface area is 135 Å². The maximum atomic E-state index is 6.34. The highest BCUT2D eigenvalue weighted by Crippen LogP contribution is 2.33. The molecule has 0 amide bonds. The Bertz CT molecular complexity index is 442. The van der Waals surface area contributed by atoms with Crippen molar-refractivity contribution in [3.8, 4) is 5.75 Å². The lowest BCUT2D eigenvalue weighted by Crippen LogP contribution is -2.47. The Morgan fingerprint density at radius 2 is 1.95 bits per heavy atom. The Morgan fingerprint density at radius 3 is 2.55 bits per heavy atom. The van der Waals surface area contributed by atoms with E-state index in [1.807, 2.05) is 12.1 Å². The molecule has 0 aliphatic carbocycles. The van der Waals surface area contributed by atoms with Gasteiger partial charge in [0.15, 0.2) is 5.79 Å². The summed E-state index contributed by atoms with van der Waals surface area (Å²) in [5, 5.41) is 0. The summed E-state index contributed by atoms with van der Waals surface area (Å²) in [4.78, 5) is 0. The van der Waals surface area contributed by atoms with Crippen LogP contribution in [0.4, 0.5) is 0 Å². The monoisotopic (exact) mass is 306 g/mol. The van der Waals surface area contributed by atoms with Gasteiger partial charge in [-0.3, -0.25) is 0 Å². The number of rotatable bonds is 7. The molecule has 22 heavy (non-hydrogen) atoms. The first-order valence-electron chi connectivity index (χ1n) is 8.55. The van der Waals surface area contributed by atoms with Gasteiger partial charge in [0.25, 0.3) is 0 Å². The van der Waals surface area contributed by atoms with Gasteiger partial charge in [0.05, 0.1) is 19.8 Å². The summed E-state index contributed by atoms with van der Waals surface area (Å²) in [6.45, 7) is 7.35. The zero-order valence-electron chi connectivity index (χ0n) is 14.4. The van der Waals surface area contributed by atoms with Gasteiger partial charge in [-0.05, 0) is 43.9 Å². The van der Waals surface area contributed by atoms with Crippen molar-refractivity contribution >= 4 is 0 Å². The minimum Gasteiger partial charge on any atom is -0.497 e. The molecule has 1 aromatic carbocycles. The van der Waals surface area contributed by atoms with Gasteiger partial charge < -0.3 is 14.2 Å². The van der Waals surface area contributed by atoms with Crippen LogP contribution in [0.2, 0.25) is 0 Å². The molecule has 1 aliphatic rings. The predicted octanol–water partition coefficient (Wildman–Crippen LogP) is 4.59. The number of hydrogen-bond donors (Lipinski definition) is 0. The van der Waals surface area contributed by atoms with Gasteiger partial charge in [-0.15, -0.1) is 0 Å². The largest absolute Gasteiger partial charge is 0.497 e. The molecule has 1 saturated heterocycles. The molecule has 0 bridgehead atoms. The average molecular weight is 306 g/mol. The standard InChI is InChI=1S/C19H30O3/c1-5-7-18-16(6-2)14-21-19(3,22-18)13-12-15-8-10-17(20-4)11-9-15/h8-11,16,18H,5-7,12-14H2,1-4H3/t16-,18-,19-/m1/s1. The Kier molecular flexibility index (Phi) is 6.27. The van der Waals surface area contributed by atoms with E-state index in [1.54, 1.807) is 7.11 Å². The van der Waals surface area contributed by atoms with Crippen LogP contribution in [0.15, 0.2) is 24.3 Å². The maximum Gasteiger partial charge on any atom is 0.166 e. The Hall–Kier alpha value is -1.06. The van der Waals surface area contributed by atoms with Crippen LogP contribution in [0.3, 0.4) is 0 Å². The Morgan fingerprint density at radius 1 is 1.23 bits per heavy atom. The summed E-state index contributed by atoms with van der Waals surface area (Å²) in [5.41, 5.74) is 1.29. The molecule has 1 aliphatic heterocycles. The summed E-state index contributed by atoms with van der Waals surface area (Å²) in [5.74, 6) is 0.980. The first-order valence-corrected chi connectivity index (χ1v) is 8.55. The van der Waals surface area contributed by atoms with Gasteiger partial charge in [0.2, 0.25) is 0 Å². The number of aryl methyl sites for hydroxylation is 1. The molecular formula is C19H30O3. The highest BCUT2D eigenvalue weighted by atomic mass is 16.7. The van der Waals surface area contributed by atoms with E-state index in [2.05, 4.69) is 32.9 Å². The van der Waals surface area contributed by atoms with Gasteiger partial charge in [-0.25, -0.2) is 0 Å².